The van der Waals surface area contributed by atoms with Gasteiger partial charge in [0.15, 0.2) is 0 Å². The van der Waals surface area contributed by atoms with E-state index in [2.05, 4.69) is 93.6 Å². The molecule has 0 saturated heterocycles. The third-order valence-corrected chi connectivity index (χ3v) is 13.0. The average molecular weight is 882 g/mol. The van der Waals surface area contributed by atoms with Gasteiger partial charge >= 0.3 is 0 Å². The largest absolute Gasteiger partial charge is 0.507 e. The maximum Gasteiger partial charge on any atom is 0.127 e. The van der Waals surface area contributed by atoms with Gasteiger partial charge in [-0.1, -0.05) is 93.4 Å². The molecule has 1 N–H and O–H groups in total. The Balaban J connectivity index is 0.00000387. The predicted octanol–water partition coefficient (Wildman–Crippen LogP) is 12.8. The van der Waals surface area contributed by atoms with Gasteiger partial charge in [0, 0.05) is 43.9 Å². The van der Waals surface area contributed by atoms with E-state index < -0.39 is 0 Å². The first kappa shape index (κ1) is 35.1. The Morgan fingerprint density at radius 2 is 1.60 bits per heavy atom. The second kappa shape index (κ2) is 13.8. The summed E-state index contributed by atoms with van der Waals surface area (Å²) in [6.45, 7) is 6.46. The van der Waals surface area contributed by atoms with Gasteiger partial charge in [0.1, 0.15) is 10.8 Å². The topological polar surface area (TPSA) is 58.9 Å². The number of phenols is 1. The van der Waals surface area contributed by atoms with E-state index in [1.54, 1.807) is 11.3 Å². The van der Waals surface area contributed by atoms with Crippen molar-refractivity contribution in [1.29, 1.82) is 0 Å². The van der Waals surface area contributed by atoms with Crippen LogP contribution < -0.4 is 0 Å². The molecule has 3 aromatic heterocycles. The van der Waals surface area contributed by atoms with E-state index >= 15 is 0 Å². The van der Waals surface area contributed by atoms with Crippen molar-refractivity contribution in [1.82, 2.24) is 15.0 Å². The van der Waals surface area contributed by atoms with Crippen LogP contribution in [-0.2, 0) is 26.5 Å². The first-order chi connectivity index (χ1) is 24.7. The molecule has 2 saturated carbocycles. The second-order valence-electron chi connectivity index (χ2n) is 16.2. The number of nitrogens with zero attached hydrogens (tertiary/aromatic N) is 3. The molecule has 2 fully saturated rings. The minimum Gasteiger partial charge on any atom is -0.507 e. The fourth-order valence-electron chi connectivity index (χ4n) is 8.82. The molecule has 0 unspecified atom stereocenters. The van der Waals surface area contributed by atoms with Crippen molar-refractivity contribution in [3.05, 3.63) is 108 Å². The maximum absolute atomic E-state index is 11.0. The summed E-state index contributed by atoms with van der Waals surface area (Å²) in [6.07, 6.45) is 16.5. The molecule has 9 rings (SSSR count). The van der Waals surface area contributed by atoms with Crippen molar-refractivity contribution >= 4 is 43.2 Å². The van der Waals surface area contributed by atoms with Gasteiger partial charge in [-0.25, -0.2) is 4.98 Å². The van der Waals surface area contributed by atoms with Crippen LogP contribution in [0, 0.1) is 11.5 Å². The molecule has 1 spiro atoms. The quantitative estimate of drug-likeness (QED) is 0.141. The van der Waals surface area contributed by atoms with E-state index in [0.717, 1.165) is 64.8 Å². The molecule has 3 heterocycles. The summed E-state index contributed by atoms with van der Waals surface area (Å²) in [4.78, 5) is 14.7. The zero-order chi connectivity index (χ0) is 34.7. The van der Waals surface area contributed by atoms with Gasteiger partial charge in [-0.15, -0.1) is 29.5 Å². The second-order valence-corrected chi connectivity index (χ2v) is 17.2. The zero-order valence-corrected chi connectivity index (χ0v) is 33.2. The number of fused-ring (bicyclic) bond motifs is 5. The molecule has 2 aliphatic rings. The number of benzene rings is 4. The van der Waals surface area contributed by atoms with Gasteiger partial charge in [-0.3, -0.25) is 9.97 Å². The van der Waals surface area contributed by atoms with Crippen molar-refractivity contribution in [2.45, 2.75) is 89.9 Å². The van der Waals surface area contributed by atoms with Crippen LogP contribution in [0.2, 0.25) is 0 Å². The Morgan fingerprint density at radius 1 is 0.808 bits per heavy atom. The summed E-state index contributed by atoms with van der Waals surface area (Å²) in [5.74, 6) is 0.948. The Hall–Kier alpha value is -3.92. The minimum atomic E-state index is -0.0504. The number of thiazole rings is 1. The molecule has 266 valence electrons. The van der Waals surface area contributed by atoms with Crippen molar-refractivity contribution < 1.29 is 26.2 Å². The van der Waals surface area contributed by atoms with E-state index in [0.29, 0.717) is 11.3 Å². The van der Waals surface area contributed by atoms with Gasteiger partial charge in [0.2, 0.25) is 0 Å². The van der Waals surface area contributed by atoms with Crippen molar-refractivity contribution in [2.75, 3.05) is 0 Å². The fraction of sp³-hybridized carbons (Fsp3) is 0.326. The Bertz CT molecular complexity index is 2410. The van der Waals surface area contributed by atoms with E-state index in [9.17, 15) is 5.11 Å². The molecule has 4 nitrogen and oxygen atoms in total. The van der Waals surface area contributed by atoms with E-state index in [1.807, 2.05) is 24.5 Å². The van der Waals surface area contributed by atoms with Crippen LogP contribution in [0.3, 0.4) is 0 Å². The molecule has 0 amide bonds. The van der Waals surface area contributed by atoms with Gasteiger partial charge in [-0.05, 0) is 118 Å². The van der Waals surface area contributed by atoms with Crippen LogP contribution >= 0.6 is 11.3 Å². The molecule has 0 bridgehead atoms. The Labute approximate surface area is 325 Å². The van der Waals surface area contributed by atoms with Crippen LogP contribution in [0.1, 0.15) is 95.6 Å². The normalized spacial score (nSPS) is 16.4. The monoisotopic (exact) mass is 881 g/mol. The molecular weight excluding hydrogens is 838 g/mol. The summed E-state index contributed by atoms with van der Waals surface area (Å²) in [5, 5.41) is 14.8. The first-order valence-electron chi connectivity index (χ1n) is 18.7. The van der Waals surface area contributed by atoms with E-state index in [1.165, 1.54) is 68.9 Å². The number of rotatable bonds is 4. The van der Waals surface area contributed by atoms with Gasteiger partial charge in [0.05, 0.1) is 11.1 Å². The summed E-state index contributed by atoms with van der Waals surface area (Å²) in [6, 6.07) is 31.6. The maximum atomic E-state index is 11.0. The molecule has 52 heavy (non-hydrogen) atoms. The van der Waals surface area contributed by atoms with Crippen LogP contribution in [0.25, 0.3) is 64.8 Å². The number of hydrogen-bond donors (Lipinski definition) is 1. The number of hydrogen-bond acceptors (Lipinski definition) is 5. The van der Waals surface area contributed by atoms with Gasteiger partial charge < -0.3 is 5.11 Å². The average Bonchev–Trinajstić information content (AvgIpc) is 3.59. The van der Waals surface area contributed by atoms with Gasteiger partial charge in [0.25, 0.3) is 0 Å². The van der Waals surface area contributed by atoms with Crippen LogP contribution in [0.5, 0.6) is 5.75 Å². The molecular formula is C46H44N3OPtS-. The molecule has 6 heteroatoms. The van der Waals surface area contributed by atoms with Crippen molar-refractivity contribution in [2.24, 2.45) is 5.41 Å². The summed E-state index contributed by atoms with van der Waals surface area (Å²) < 4.78 is 1.06. The molecule has 0 radical (unpaired) electrons. The smallest absolute Gasteiger partial charge is 0.127 e. The first-order valence-corrected chi connectivity index (χ1v) is 19.5. The number of pyridine rings is 2. The van der Waals surface area contributed by atoms with Crippen LogP contribution in [0.15, 0.2) is 91.3 Å². The molecule has 2 aliphatic carbocycles. The predicted molar refractivity (Wildman–Crippen MR) is 212 cm³/mol. The number of aromatic nitrogens is 3. The summed E-state index contributed by atoms with van der Waals surface area (Å²) in [7, 11) is 0. The Kier molecular flexibility index (Phi) is 9.33. The standard InChI is InChI=1S/C46H44N3OS.Pt/c1-45(2,3)35-13-14-36(40(50)27-35)44-49-43-41(51-44)16-12-34-28-48-38-15-11-33(25-37(38)42(34)43)39-26-32(19-24-47-39)30-9-7-29(8-10-30)31-17-22-46(23-18-31)20-5-4-6-21-46;/h7-16,19,24,26-28,31,50H,4-6,17-18,20-23H2,1-3H3;/q-1;. The zero-order valence-electron chi connectivity index (χ0n) is 30.1. The van der Waals surface area contributed by atoms with Crippen LogP contribution in [0.4, 0.5) is 0 Å². The van der Waals surface area contributed by atoms with Crippen molar-refractivity contribution in [3.63, 3.8) is 0 Å². The van der Waals surface area contributed by atoms with Crippen LogP contribution in [-0.4, -0.2) is 20.1 Å². The third kappa shape index (κ3) is 6.49. The molecule has 0 atom stereocenters. The summed E-state index contributed by atoms with van der Waals surface area (Å²) >= 11 is 1.60. The minimum absolute atomic E-state index is 0. The van der Waals surface area contributed by atoms with E-state index in [4.69, 9.17) is 15.0 Å². The third-order valence-electron chi connectivity index (χ3n) is 11.9. The number of phenolic OH excluding ortho intramolecular Hbond substituents is 1. The molecule has 7 aromatic rings. The van der Waals surface area contributed by atoms with Gasteiger partial charge in [-0.2, -0.15) is 0 Å². The summed E-state index contributed by atoms with van der Waals surface area (Å²) in [5.41, 5.74) is 9.90. The molecule has 4 aromatic carbocycles. The SMILES string of the molecule is CC(C)(C)c1ccc(-c2nc3c(ccc4cnc5ccc(-c6cc(-c7ccc(C8CCC9(CCCCC9)CC8)cc7)ccn6)[c-]c5c43)s2)c(O)c1.[Pt]. The Morgan fingerprint density at radius 3 is 2.35 bits per heavy atom. The van der Waals surface area contributed by atoms with E-state index in [-0.39, 0.29) is 32.2 Å². The number of aromatic hydroxyl groups is 1. The fourth-order valence-corrected chi connectivity index (χ4v) is 9.83. The van der Waals surface area contributed by atoms with Crippen molar-refractivity contribution in [3.8, 4) is 38.7 Å². The molecule has 0 aliphatic heterocycles.